The molecule has 9 heteroatoms. The van der Waals surface area contributed by atoms with E-state index in [0.717, 1.165) is 5.69 Å². The number of para-hydroxylation sites is 1. The Morgan fingerprint density at radius 1 is 1.14 bits per heavy atom. The number of carbonyl (C=O) groups excluding carboxylic acids is 1. The molecule has 28 heavy (non-hydrogen) atoms. The fraction of sp³-hybridized carbons (Fsp3) is 0.211. The number of anilines is 2. The molecule has 1 aromatic heterocycles. The quantitative estimate of drug-likeness (QED) is 0.725. The molecular weight excluding hydrogens is 366 g/mol. The van der Waals surface area contributed by atoms with Gasteiger partial charge in [-0.3, -0.25) is 0 Å². The molecular formula is C19H18F2N6O. The second-order valence-electron chi connectivity index (χ2n) is 6.50. The van der Waals surface area contributed by atoms with Crippen molar-refractivity contribution >= 4 is 17.4 Å². The lowest BCUT2D eigenvalue weighted by Gasteiger charge is -2.20. The van der Waals surface area contributed by atoms with Gasteiger partial charge >= 0.3 is 6.03 Å². The molecule has 2 aromatic carbocycles. The number of hydrogen-bond acceptors (Lipinski definition) is 4. The Bertz CT molecular complexity index is 958. The number of urea groups is 1. The van der Waals surface area contributed by atoms with Gasteiger partial charge in [0.05, 0.1) is 18.1 Å². The van der Waals surface area contributed by atoms with E-state index in [2.05, 4.69) is 20.9 Å². The number of amides is 2. The van der Waals surface area contributed by atoms with E-state index in [0.29, 0.717) is 25.2 Å². The van der Waals surface area contributed by atoms with Crippen molar-refractivity contribution in [1.82, 2.24) is 20.3 Å². The number of hydrogen-bond donors (Lipinski definition) is 2. The van der Waals surface area contributed by atoms with Gasteiger partial charge in [0.15, 0.2) is 0 Å². The number of aromatic nitrogens is 3. The second-order valence-corrected chi connectivity index (χ2v) is 6.50. The first-order valence-corrected chi connectivity index (χ1v) is 8.83. The molecule has 3 aromatic rings. The largest absolute Gasteiger partial charge is 0.365 e. The Balaban J connectivity index is 1.37. The first-order chi connectivity index (χ1) is 13.6. The van der Waals surface area contributed by atoms with Crippen LogP contribution >= 0.6 is 0 Å². The average Bonchev–Trinajstić information content (AvgIpc) is 3.34. The summed E-state index contributed by atoms with van der Waals surface area (Å²) in [6.45, 7) is 0.800. The monoisotopic (exact) mass is 384 g/mol. The van der Waals surface area contributed by atoms with Crippen LogP contribution in [0.15, 0.2) is 54.9 Å². The zero-order valence-corrected chi connectivity index (χ0v) is 14.8. The standard InChI is InChI=1S/C19H18F2N6O/c20-16-5-2-6-17(21)18(16)26-9-7-14(12-26)24-19(28)23-13-3-1-4-15(11-13)27-10-8-22-25-27/h1-6,8,10-11,14H,7,9,12H2,(H2,23,24,28). The summed E-state index contributed by atoms with van der Waals surface area (Å²) >= 11 is 0. The number of rotatable bonds is 4. The van der Waals surface area contributed by atoms with E-state index < -0.39 is 11.6 Å². The summed E-state index contributed by atoms with van der Waals surface area (Å²) in [5.74, 6) is -1.20. The van der Waals surface area contributed by atoms with Crippen LogP contribution in [0.1, 0.15) is 6.42 Å². The van der Waals surface area contributed by atoms with Crippen LogP contribution in [0.4, 0.5) is 25.0 Å². The highest BCUT2D eigenvalue weighted by Gasteiger charge is 2.27. The molecule has 2 amide bonds. The lowest BCUT2D eigenvalue weighted by molar-refractivity contribution is 0.249. The summed E-state index contributed by atoms with van der Waals surface area (Å²) in [4.78, 5) is 13.9. The number of benzene rings is 2. The zero-order chi connectivity index (χ0) is 19.5. The summed E-state index contributed by atoms with van der Waals surface area (Å²) in [5, 5.41) is 13.3. The first-order valence-electron chi connectivity index (χ1n) is 8.83. The molecule has 0 spiro atoms. The maximum Gasteiger partial charge on any atom is 0.319 e. The molecule has 2 N–H and O–H groups in total. The molecule has 1 aliphatic rings. The number of nitrogens with zero attached hydrogens (tertiary/aromatic N) is 4. The lowest BCUT2D eigenvalue weighted by atomic mass is 10.2. The average molecular weight is 384 g/mol. The van der Waals surface area contributed by atoms with Gasteiger partial charge in [0, 0.05) is 24.8 Å². The highest BCUT2D eigenvalue weighted by Crippen LogP contribution is 2.26. The van der Waals surface area contributed by atoms with Crippen LogP contribution in [-0.4, -0.2) is 40.2 Å². The number of carbonyl (C=O) groups is 1. The Hall–Kier alpha value is -3.49. The Kier molecular flexibility index (Phi) is 4.88. The summed E-state index contributed by atoms with van der Waals surface area (Å²) in [7, 11) is 0. The third kappa shape index (κ3) is 3.78. The van der Waals surface area contributed by atoms with E-state index >= 15 is 0 Å². The number of halogens is 2. The van der Waals surface area contributed by atoms with Gasteiger partial charge in [-0.1, -0.05) is 17.3 Å². The zero-order valence-electron chi connectivity index (χ0n) is 14.8. The van der Waals surface area contributed by atoms with Crippen LogP contribution in [0.2, 0.25) is 0 Å². The fourth-order valence-electron chi connectivity index (χ4n) is 3.30. The van der Waals surface area contributed by atoms with Crippen molar-refractivity contribution in [2.24, 2.45) is 0 Å². The van der Waals surface area contributed by atoms with Crippen LogP contribution in [0, 0.1) is 11.6 Å². The maximum absolute atomic E-state index is 13.9. The van der Waals surface area contributed by atoms with E-state index in [4.69, 9.17) is 0 Å². The normalized spacial score (nSPS) is 16.2. The highest BCUT2D eigenvalue weighted by molar-refractivity contribution is 5.89. The van der Waals surface area contributed by atoms with Gasteiger partial charge in [-0.05, 0) is 36.8 Å². The van der Waals surface area contributed by atoms with Crippen molar-refractivity contribution in [3.63, 3.8) is 0 Å². The third-order valence-corrected chi connectivity index (χ3v) is 4.57. The van der Waals surface area contributed by atoms with Crippen molar-refractivity contribution < 1.29 is 13.6 Å². The third-order valence-electron chi connectivity index (χ3n) is 4.57. The van der Waals surface area contributed by atoms with Crippen molar-refractivity contribution in [3.8, 4) is 5.69 Å². The maximum atomic E-state index is 13.9. The SMILES string of the molecule is O=C(Nc1cccc(-n2ccnn2)c1)NC1CCN(c2c(F)cccc2F)C1. The van der Waals surface area contributed by atoms with Crippen LogP contribution in [0.5, 0.6) is 0 Å². The molecule has 144 valence electrons. The van der Waals surface area contributed by atoms with Gasteiger partial charge in [-0.15, -0.1) is 5.10 Å². The Morgan fingerprint density at radius 2 is 1.93 bits per heavy atom. The fourth-order valence-corrected chi connectivity index (χ4v) is 3.30. The van der Waals surface area contributed by atoms with Crippen LogP contribution in [0.25, 0.3) is 5.69 Å². The smallest absolute Gasteiger partial charge is 0.319 e. The van der Waals surface area contributed by atoms with Crippen molar-refractivity contribution in [3.05, 3.63) is 66.5 Å². The van der Waals surface area contributed by atoms with Gasteiger partial charge < -0.3 is 15.5 Å². The molecule has 0 bridgehead atoms. The van der Waals surface area contributed by atoms with E-state index in [1.807, 2.05) is 6.07 Å². The second kappa shape index (κ2) is 7.63. The van der Waals surface area contributed by atoms with Crippen LogP contribution < -0.4 is 15.5 Å². The van der Waals surface area contributed by atoms with Crippen LogP contribution in [0.3, 0.4) is 0 Å². The van der Waals surface area contributed by atoms with Crippen molar-refractivity contribution in [1.29, 1.82) is 0 Å². The Morgan fingerprint density at radius 3 is 2.68 bits per heavy atom. The summed E-state index contributed by atoms with van der Waals surface area (Å²) in [6.07, 6.45) is 3.87. The molecule has 1 fully saturated rings. The van der Waals surface area contributed by atoms with E-state index in [-0.39, 0.29) is 17.8 Å². The summed E-state index contributed by atoms with van der Waals surface area (Å²) in [6, 6.07) is 10.4. The lowest BCUT2D eigenvalue weighted by Crippen LogP contribution is -2.39. The van der Waals surface area contributed by atoms with Gasteiger partial charge in [0.25, 0.3) is 0 Å². The molecule has 0 saturated carbocycles. The first kappa shape index (κ1) is 17.9. The summed E-state index contributed by atoms with van der Waals surface area (Å²) < 4.78 is 29.5. The van der Waals surface area contributed by atoms with Gasteiger partial charge in [-0.2, -0.15) is 0 Å². The number of nitrogens with one attached hydrogen (secondary N) is 2. The topological polar surface area (TPSA) is 75.1 Å². The van der Waals surface area contributed by atoms with Crippen molar-refractivity contribution in [2.75, 3.05) is 23.3 Å². The Labute approximate surface area is 160 Å². The minimum Gasteiger partial charge on any atom is -0.365 e. The molecule has 1 unspecified atom stereocenters. The molecule has 4 rings (SSSR count). The van der Waals surface area contributed by atoms with Gasteiger partial charge in [-0.25, -0.2) is 18.3 Å². The minimum atomic E-state index is -0.602. The molecule has 7 nitrogen and oxygen atoms in total. The minimum absolute atomic E-state index is 0.0484. The van der Waals surface area contributed by atoms with Crippen LogP contribution in [-0.2, 0) is 0 Å². The summed E-state index contributed by atoms with van der Waals surface area (Å²) in [5.41, 5.74) is 1.31. The molecule has 2 heterocycles. The molecule has 0 radical (unpaired) electrons. The van der Waals surface area contributed by atoms with E-state index in [9.17, 15) is 13.6 Å². The molecule has 1 atom stereocenters. The highest BCUT2D eigenvalue weighted by atomic mass is 19.1. The molecule has 1 saturated heterocycles. The van der Waals surface area contributed by atoms with Crippen molar-refractivity contribution in [2.45, 2.75) is 12.5 Å². The molecule has 0 aliphatic carbocycles. The predicted octanol–water partition coefficient (Wildman–Crippen LogP) is 2.95. The van der Waals surface area contributed by atoms with E-state index in [1.165, 1.54) is 18.2 Å². The predicted molar refractivity (Wildman–Crippen MR) is 100 cm³/mol. The molecule has 1 aliphatic heterocycles. The van der Waals surface area contributed by atoms with E-state index in [1.54, 1.807) is 40.2 Å². The van der Waals surface area contributed by atoms with Gasteiger partial charge in [0.2, 0.25) is 0 Å². The van der Waals surface area contributed by atoms with Gasteiger partial charge in [0.1, 0.15) is 17.3 Å².